The van der Waals surface area contributed by atoms with Crippen LogP contribution in [-0.4, -0.2) is 51.7 Å². The van der Waals surface area contributed by atoms with Crippen LogP contribution < -0.4 is 4.74 Å². The molecular formula is C14H17ClN4O2. The number of nitrogens with one attached hydrogen (secondary N) is 1. The van der Waals surface area contributed by atoms with Gasteiger partial charge in [0.05, 0.1) is 6.20 Å². The van der Waals surface area contributed by atoms with Crippen molar-refractivity contribution in [3.05, 3.63) is 41.2 Å². The van der Waals surface area contributed by atoms with Gasteiger partial charge in [-0.15, -0.1) is 0 Å². The molecule has 1 atom stereocenters. The number of benzene rings is 1. The minimum Gasteiger partial charge on any atom is -0.492 e. The molecule has 21 heavy (non-hydrogen) atoms. The second kappa shape index (κ2) is 6.01. The maximum atomic E-state index is 10.6. The molecule has 2 heterocycles. The van der Waals surface area contributed by atoms with E-state index in [1.54, 1.807) is 12.3 Å². The quantitative estimate of drug-likeness (QED) is 0.874. The van der Waals surface area contributed by atoms with Gasteiger partial charge in [0.1, 0.15) is 23.7 Å². The molecule has 1 aliphatic heterocycles. The zero-order valence-electron chi connectivity index (χ0n) is 11.5. The summed E-state index contributed by atoms with van der Waals surface area (Å²) in [7, 11) is 0. The highest BCUT2D eigenvalue weighted by Gasteiger charge is 2.39. The average Bonchev–Trinajstić information content (AvgIpc) is 3.10. The first kappa shape index (κ1) is 14.3. The van der Waals surface area contributed by atoms with Crippen LogP contribution in [0.4, 0.5) is 0 Å². The molecular weight excluding hydrogens is 292 g/mol. The minimum atomic E-state index is -0.914. The van der Waals surface area contributed by atoms with Gasteiger partial charge in [-0.2, -0.15) is 15.4 Å². The van der Waals surface area contributed by atoms with E-state index in [1.807, 2.05) is 18.2 Å². The largest absolute Gasteiger partial charge is 0.492 e. The van der Waals surface area contributed by atoms with Crippen LogP contribution in [-0.2, 0) is 5.60 Å². The number of hydrogen-bond acceptors (Lipinski definition) is 5. The number of likely N-dealkylation sites (tertiary alicyclic amines) is 1. The molecule has 0 aliphatic carbocycles. The van der Waals surface area contributed by atoms with Gasteiger partial charge in [0.25, 0.3) is 0 Å². The van der Waals surface area contributed by atoms with E-state index in [1.165, 1.54) is 0 Å². The summed E-state index contributed by atoms with van der Waals surface area (Å²) >= 11 is 5.91. The third kappa shape index (κ3) is 3.34. The zero-order chi connectivity index (χ0) is 14.7. The standard InChI is InChI=1S/C14H17ClN4O2/c15-11-2-1-3-12(8-11)21-7-6-19-5-4-14(20,10-19)13-9-16-18-17-13/h1-3,8-9,20H,4-7,10H2,(H,16,17,18)/t14-/m1/s1. The third-order valence-corrected chi connectivity index (χ3v) is 3.93. The van der Waals surface area contributed by atoms with E-state index in [0.717, 1.165) is 18.8 Å². The molecule has 7 heteroatoms. The van der Waals surface area contributed by atoms with Crippen molar-refractivity contribution >= 4 is 11.6 Å². The van der Waals surface area contributed by atoms with Crippen LogP contribution >= 0.6 is 11.6 Å². The molecule has 1 fully saturated rings. The maximum absolute atomic E-state index is 10.6. The molecule has 1 aromatic heterocycles. The van der Waals surface area contributed by atoms with Gasteiger partial charge in [0.2, 0.25) is 0 Å². The van der Waals surface area contributed by atoms with Crippen LogP contribution in [0.2, 0.25) is 5.02 Å². The monoisotopic (exact) mass is 308 g/mol. The van der Waals surface area contributed by atoms with Gasteiger partial charge in [-0.05, 0) is 24.6 Å². The lowest BCUT2D eigenvalue weighted by atomic mass is 10.0. The Bertz CT molecular complexity index is 592. The van der Waals surface area contributed by atoms with Gasteiger partial charge in [0.15, 0.2) is 0 Å². The molecule has 0 unspecified atom stereocenters. The number of aromatic amines is 1. The van der Waals surface area contributed by atoms with Crippen molar-refractivity contribution in [3.63, 3.8) is 0 Å². The second-order valence-corrected chi connectivity index (χ2v) is 5.66. The third-order valence-electron chi connectivity index (χ3n) is 3.69. The highest BCUT2D eigenvalue weighted by molar-refractivity contribution is 6.30. The van der Waals surface area contributed by atoms with E-state index in [-0.39, 0.29) is 0 Å². The maximum Gasteiger partial charge on any atom is 0.124 e. The summed E-state index contributed by atoms with van der Waals surface area (Å²) in [6.45, 7) is 2.64. The smallest absolute Gasteiger partial charge is 0.124 e. The SMILES string of the molecule is O[C@]1(c2cn[nH]n2)CCN(CCOc2cccc(Cl)c2)C1. The molecule has 0 radical (unpaired) electrons. The summed E-state index contributed by atoms with van der Waals surface area (Å²) in [4.78, 5) is 2.15. The predicted molar refractivity (Wildman–Crippen MR) is 78.3 cm³/mol. The van der Waals surface area contributed by atoms with Crippen molar-refractivity contribution < 1.29 is 9.84 Å². The van der Waals surface area contributed by atoms with Crippen molar-refractivity contribution in [1.29, 1.82) is 0 Å². The Labute approximate surface area is 127 Å². The Balaban J connectivity index is 1.49. The number of aromatic nitrogens is 3. The van der Waals surface area contributed by atoms with Crippen LogP contribution in [0, 0.1) is 0 Å². The highest BCUT2D eigenvalue weighted by atomic mass is 35.5. The van der Waals surface area contributed by atoms with Crippen LogP contribution in [0.25, 0.3) is 0 Å². The van der Waals surface area contributed by atoms with E-state index in [0.29, 0.717) is 30.3 Å². The lowest BCUT2D eigenvalue weighted by Gasteiger charge is -2.21. The van der Waals surface area contributed by atoms with Crippen molar-refractivity contribution in [2.75, 3.05) is 26.2 Å². The Morgan fingerprint density at radius 2 is 2.38 bits per heavy atom. The van der Waals surface area contributed by atoms with Gasteiger partial charge in [-0.1, -0.05) is 17.7 Å². The fourth-order valence-corrected chi connectivity index (χ4v) is 2.73. The van der Waals surface area contributed by atoms with Crippen molar-refractivity contribution in [3.8, 4) is 5.75 Å². The van der Waals surface area contributed by atoms with Gasteiger partial charge < -0.3 is 9.84 Å². The number of hydrogen-bond donors (Lipinski definition) is 2. The first-order chi connectivity index (χ1) is 10.2. The fraction of sp³-hybridized carbons (Fsp3) is 0.429. The average molecular weight is 309 g/mol. The van der Waals surface area contributed by atoms with Gasteiger partial charge >= 0.3 is 0 Å². The van der Waals surface area contributed by atoms with Crippen LogP contribution in [0.15, 0.2) is 30.5 Å². The second-order valence-electron chi connectivity index (χ2n) is 5.22. The molecule has 0 saturated carbocycles. The summed E-state index contributed by atoms with van der Waals surface area (Å²) in [5.74, 6) is 0.758. The lowest BCUT2D eigenvalue weighted by Crippen LogP contribution is -2.33. The molecule has 3 rings (SSSR count). The van der Waals surface area contributed by atoms with E-state index in [2.05, 4.69) is 20.3 Å². The molecule has 1 aromatic carbocycles. The zero-order valence-corrected chi connectivity index (χ0v) is 12.3. The normalized spacial score (nSPS) is 22.6. The number of H-pyrrole nitrogens is 1. The molecule has 2 aromatic rings. The molecule has 6 nitrogen and oxygen atoms in total. The highest BCUT2D eigenvalue weighted by Crippen LogP contribution is 2.29. The number of rotatable bonds is 5. The van der Waals surface area contributed by atoms with Crippen molar-refractivity contribution in [2.24, 2.45) is 0 Å². The predicted octanol–water partition coefficient (Wildman–Crippen LogP) is 1.43. The topological polar surface area (TPSA) is 74.3 Å². The van der Waals surface area contributed by atoms with Gasteiger partial charge in [-0.25, -0.2) is 0 Å². The Morgan fingerprint density at radius 3 is 3.14 bits per heavy atom. The minimum absolute atomic E-state index is 0.540. The van der Waals surface area contributed by atoms with Crippen molar-refractivity contribution in [1.82, 2.24) is 20.3 Å². The Morgan fingerprint density at radius 1 is 1.48 bits per heavy atom. The van der Waals surface area contributed by atoms with Crippen LogP contribution in [0.1, 0.15) is 12.1 Å². The van der Waals surface area contributed by atoms with E-state index < -0.39 is 5.60 Å². The summed E-state index contributed by atoms with van der Waals surface area (Å²) < 4.78 is 5.67. The summed E-state index contributed by atoms with van der Waals surface area (Å²) in [6, 6.07) is 7.34. The Hall–Kier alpha value is -1.63. The summed E-state index contributed by atoms with van der Waals surface area (Å²) in [5.41, 5.74) is -0.316. The number of aliphatic hydroxyl groups is 1. The number of halogens is 1. The lowest BCUT2D eigenvalue weighted by molar-refractivity contribution is 0.0403. The number of ether oxygens (including phenoxy) is 1. The molecule has 2 N–H and O–H groups in total. The first-order valence-corrected chi connectivity index (χ1v) is 7.23. The Kier molecular flexibility index (Phi) is 4.10. The number of β-amino-alcohol motifs (C(OH)–C–C–N with tert-alkyl or cyclic N) is 1. The van der Waals surface area contributed by atoms with Gasteiger partial charge in [0, 0.05) is 24.7 Å². The summed E-state index contributed by atoms with van der Waals surface area (Å²) in [6.07, 6.45) is 2.22. The van der Waals surface area contributed by atoms with Gasteiger partial charge in [-0.3, -0.25) is 4.90 Å². The molecule has 1 aliphatic rings. The van der Waals surface area contributed by atoms with Crippen molar-refractivity contribution in [2.45, 2.75) is 12.0 Å². The number of nitrogens with zero attached hydrogens (tertiary/aromatic N) is 3. The molecule has 1 saturated heterocycles. The fourth-order valence-electron chi connectivity index (χ4n) is 2.55. The van der Waals surface area contributed by atoms with E-state index in [9.17, 15) is 5.11 Å². The first-order valence-electron chi connectivity index (χ1n) is 6.85. The molecule has 0 bridgehead atoms. The van der Waals surface area contributed by atoms with Crippen LogP contribution in [0.5, 0.6) is 5.75 Å². The molecule has 0 amide bonds. The molecule has 112 valence electrons. The van der Waals surface area contributed by atoms with Crippen LogP contribution in [0.3, 0.4) is 0 Å². The summed E-state index contributed by atoms with van der Waals surface area (Å²) in [5, 5.41) is 21.5. The van der Waals surface area contributed by atoms with E-state index >= 15 is 0 Å². The molecule has 0 spiro atoms. The van der Waals surface area contributed by atoms with E-state index in [4.69, 9.17) is 16.3 Å².